The molecule has 2 rings (SSSR count). The molecule has 0 radical (unpaired) electrons. The van der Waals surface area contributed by atoms with Gasteiger partial charge in [-0.1, -0.05) is 6.08 Å². The molecule has 1 fully saturated rings. The maximum absolute atomic E-state index is 13.4. The van der Waals surface area contributed by atoms with Crippen LogP contribution in [0.25, 0.3) is 0 Å². The third-order valence-electron chi connectivity index (χ3n) is 3.18. The topological polar surface area (TPSA) is 58.2 Å². The highest BCUT2D eigenvalue weighted by Crippen LogP contribution is 2.39. The molecule has 21 heavy (non-hydrogen) atoms. The molecule has 1 aliphatic rings. The summed E-state index contributed by atoms with van der Waals surface area (Å²) in [5.41, 5.74) is -0.448. The van der Waals surface area contributed by atoms with Gasteiger partial charge in [-0.05, 0) is 18.6 Å². The Morgan fingerprint density at radius 1 is 1.19 bits per heavy atom. The molecule has 0 heterocycles. The molecule has 0 spiro atoms. The maximum atomic E-state index is 13.4. The van der Waals surface area contributed by atoms with Gasteiger partial charge in [-0.2, -0.15) is 0 Å². The number of hydrogen-bond acceptors (Lipinski definition) is 2. The number of rotatable bonds is 5. The highest BCUT2D eigenvalue weighted by molar-refractivity contribution is 5.99. The highest BCUT2D eigenvalue weighted by Gasteiger charge is 2.48. The van der Waals surface area contributed by atoms with E-state index in [2.05, 4.69) is 17.2 Å². The molecule has 2 N–H and O–H groups in total. The van der Waals surface area contributed by atoms with Crippen LogP contribution in [0.5, 0.6) is 0 Å². The van der Waals surface area contributed by atoms with E-state index in [1.807, 2.05) is 0 Å². The van der Waals surface area contributed by atoms with Crippen molar-refractivity contribution in [1.82, 2.24) is 5.32 Å². The van der Waals surface area contributed by atoms with Crippen LogP contribution in [0.3, 0.4) is 0 Å². The van der Waals surface area contributed by atoms with Gasteiger partial charge in [-0.15, -0.1) is 6.58 Å². The lowest BCUT2D eigenvalue weighted by atomic mass is 10.2. The fraction of sp³-hybridized carbons (Fsp3) is 0.286. The lowest BCUT2D eigenvalue weighted by Gasteiger charge is -2.07. The Morgan fingerprint density at radius 2 is 1.86 bits per heavy atom. The first-order valence-corrected chi connectivity index (χ1v) is 6.28. The Kier molecular flexibility index (Phi) is 4.30. The van der Waals surface area contributed by atoms with Gasteiger partial charge < -0.3 is 10.6 Å². The Morgan fingerprint density at radius 3 is 2.52 bits per heavy atom. The van der Waals surface area contributed by atoms with Crippen LogP contribution in [0.15, 0.2) is 24.8 Å². The molecule has 2 amide bonds. The lowest BCUT2D eigenvalue weighted by molar-refractivity contribution is -0.125. The maximum Gasteiger partial charge on any atom is 0.228 e. The van der Waals surface area contributed by atoms with Gasteiger partial charge in [0.25, 0.3) is 0 Å². The van der Waals surface area contributed by atoms with Crippen LogP contribution < -0.4 is 10.6 Å². The Balaban J connectivity index is 1.96. The smallest absolute Gasteiger partial charge is 0.228 e. The van der Waals surface area contributed by atoms with Gasteiger partial charge in [-0.3, -0.25) is 9.59 Å². The van der Waals surface area contributed by atoms with Crippen LogP contribution in [-0.2, 0) is 9.59 Å². The summed E-state index contributed by atoms with van der Waals surface area (Å²) < 4.78 is 39.2. The van der Waals surface area contributed by atoms with Gasteiger partial charge in [0, 0.05) is 6.54 Å². The first kappa shape index (κ1) is 15.1. The SMILES string of the molecule is C=CCNC(=O)C1CC1C(=O)Nc1ccc(F)c(F)c1F. The molecule has 1 aliphatic carbocycles. The number of carbonyl (C=O) groups excluding carboxylic acids is 2. The predicted molar refractivity (Wildman–Crippen MR) is 69.7 cm³/mol. The second-order valence-corrected chi connectivity index (χ2v) is 4.69. The molecule has 0 saturated heterocycles. The molecular weight excluding hydrogens is 285 g/mol. The van der Waals surface area contributed by atoms with Gasteiger partial charge in [0.05, 0.1) is 17.5 Å². The Bertz CT molecular complexity index is 604. The number of halogens is 3. The van der Waals surface area contributed by atoms with E-state index in [1.165, 1.54) is 6.08 Å². The number of anilines is 1. The molecule has 2 unspecified atom stereocenters. The van der Waals surface area contributed by atoms with Gasteiger partial charge in [-0.25, -0.2) is 13.2 Å². The summed E-state index contributed by atoms with van der Waals surface area (Å²) in [6.07, 6.45) is 1.84. The Labute approximate surface area is 119 Å². The molecule has 1 aromatic rings. The van der Waals surface area contributed by atoms with Crippen LogP contribution in [0, 0.1) is 29.3 Å². The average molecular weight is 298 g/mol. The van der Waals surface area contributed by atoms with Crippen LogP contribution >= 0.6 is 0 Å². The van der Waals surface area contributed by atoms with E-state index in [0.29, 0.717) is 13.0 Å². The quantitative estimate of drug-likeness (QED) is 0.645. The molecule has 1 saturated carbocycles. The van der Waals surface area contributed by atoms with Crippen molar-refractivity contribution < 1.29 is 22.8 Å². The number of carbonyl (C=O) groups is 2. The summed E-state index contributed by atoms with van der Waals surface area (Å²) in [7, 11) is 0. The van der Waals surface area contributed by atoms with E-state index in [0.717, 1.165) is 12.1 Å². The molecule has 1 aromatic carbocycles. The second kappa shape index (κ2) is 5.99. The van der Waals surface area contributed by atoms with E-state index < -0.39 is 40.9 Å². The van der Waals surface area contributed by atoms with Crippen molar-refractivity contribution in [2.75, 3.05) is 11.9 Å². The fourth-order valence-corrected chi connectivity index (χ4v) is 1.93. The first-order chi connectivity index (χ1) is 9.95. The van der Waals surface area contributed by atoms with Crippen molar-refractivity contribution in [1.29, 1.82) is 0 Å². The summed E-state index contributed by atoms with van der Waals surface area (Å²) in [5.74, 6) is -6.42. The van der Waals surface area contributed by atoms with Crippen molar-refractivity contribution in [3.63, 3.8) is 0 Å². The summed E-state index contributed by atoms with van der Waals surface area (Å²) in [6, 6.07) is 1.65. The number of benzene rings is 1. The minimum Gasteiger partial charge on any atom is -0.352 e. The zero-order valence-electron chi connectivity index (χ0n) is 11.0. The van der Waals surface area contributed by atoms with Crippen molar-refractivity contribution >= 4 is 17.5 Å². The van der Waals surface area contributed by atoms with E-state index in [9.17, 15) is 22.8 Å². The number of amides is 2. The van der Waals surface area contributed by atoms with Crippen molar-refractivity contribution in [3.8, 4) is 0 Å². The van der Waals surface area contributed by atoms with Crippen molar-refractivity contribution in [2.45, 2.75) is 6.42 Å². The van der Waals surface area contributed by atoms with Crippen LogP contribution in [-0.4, -0.2) is 18.4 Å². The largest absolute Gasteiger partial charge is 0.352 e. The fourth-order valence-electron chi connectivity index (χ4n) is 1.93. The van der Waals surface area contributed by atoms with Crippen LogP contribution in [0.2, 0.25) is 0 Å². The zero-order chi connectivity index (χ0) is 15.6. The van der Waals surface area contributed by atoms with E-state index in [-0.39, 0.29) is 5.91 Å². The van der Waals surface area contributed by atoms with Gasteiger partial charge in [0.1, 0.15) is 0 Å². The third-order valence-corrected chi connectivity index (χ3v) is 3.18. The normalized spacial score (nSPS) is 19.8. The number of nitrogens with one attached hydrogen (secondary N) is 2. The Hall–Kier alpha value is -2.31. The molecule has 7 heteroatoms. The predicted octanol–water partition coefficient (Wildman–Crippen LogP) is 1.98. The van der Waals surface area contributed by atoms with E-state index >= 15 is 0 Å². The molecule has 0 aromatic heterocycles. The van der Waals surface area contributed by atoms with Gasteiger partial charge in [0.2, 0.25) is 11.8 Å². The summed E-state index contributed by atoms with van der Waals surface area (Å²) in [6.45, 7) is 3.74. The summed E-state index contributed by atoms with van der Waals surface area (Å²) in [4.78, 5) is 23.4. The lowest BCUT2D eigenvalue weighted by Crippen LogP contribution is -2.27. The van der Waals surface area contributed by atoms with Crippen LogP contribution in [0.1, 0.15) is 6.42 Å². The summed E-state index contributed by atoms with van der Waals surface area (Å²) in [5, 5.41) is 4.71. The van der Waals surface area contributed by atoms with Crippen molar-refractivity contribution in [2.24, 2.45) is 11.8 Å². The van der Waals surface area contributed by atoms with E-state index in [1.54, 1.807) is 0 Å². The van der Waals surface area contributed by atoms with Gasteiger partial charge >= 0.3 is 0 Å². The zero-order valence-corrected chi connectivity index (χ0v) is 11.0. The standard InChI is InChI=1S/C14H13F3N2O2/c1-2-5-18-13(20)7-6-8(7)14(21)19-10-4-3-9(15)11(16)12(10)17/h2-4,7-8H,1,5-6H2,(H,18,20)(H,19,21). The second-order valence-electron chi connectivity index (χ2n) is 4.69. The minimum atomic E-state index is -1.65. The third kappa shape index (κ3) is 3.24. The monoisotopic (exact) mass is 298 g/mol. The van der Waals surface area contributed by atoms with Gasteiger partial charge in [0.15, 0.2) is 17.5 Å². The first-order valence-electron chi connectivity index (χ1n) is 6.28. The number of hydrogen-bond donors (Lipinski definition) is 2. The highest BCUT2D eigenvalue weighted by atomic mass is 19.2. The van der Waals surface area contributed by atoms with Crippen LogP contribution in [0.4, 0.5) is 18.9 Å². The van der Waals surface area contributed by atoms with E-state index in [4.69, 9.17) is 0 Å². The summed E-state index contributed by atoms with van der Waals surface area (Å²) >= 11 is 0. The average Bonchev–Trinajstić information content (AvgIpc) is 3.26. The molecule has 4 nitrogen and oxygen atoms in total. The molecular formula is C14H13F3N2O2. The molecule has 0 aliphatic heterocycles. The molecule has 0 bridgehead atoms. The minimum absolute atomic E-state index is 0.291. The molecule has 2 atom stereocenters. The van der Waals surface area contributed by atoms with Crippen molar-refractivity contribution in [3.05, 3.63) is 42.2 Å². The molecule has 112 valence electrons.